The lowest BCUT2D eigenvalue weighted by Gasteiger charge is -2.24. The molecule has 0 fully saturated rings. The molecule has 0 aliphatic carbocycles. The van der Waals surface area contributed by atoms with Crippen LogP contribution < -0.4 is 5.73 Å². The minimum atomic E-state index is -0.967. The highest BCUT2D eigenvalue weighted by molar-refractivity contribution is 5.72. The molecule has 1 amide bonds. The molecule has 0 saturated carbocycles. The molecule has 0 spiro atoms. The van der Waals surface area contributed by atoms with Crippen LogP contribution in [0.1, 0.15) is 46.5 Å². The van der Waals surface area contributed by atoms with E-state index in [1.807, 2.05) is 20.8 Å². The van der Waals surface area contributed by atoms with E-state index in [1.165, 1.54) is 4.90 Å². The largest absolute Gasteiger partial charge is 0.480 e. The van der Waals surface area contributed by atoms with E-state index < -0.39 is 17.6 Å². The van der Waals surface area contributed by atoms with Crippen LogP contribution in [0.5, 0.6) is 0 Å². The van der Waals surface area contributed by atoms with Gasteiger partial charge in [-0.15, -0.1) is 0 Å². The third-order valence-corrected chi connectivity index (χ3v) is 2.53. The summed E-state index contributed by atoms with van der Waals surface area (Å²) in [5.74, 6) is -0.967. The molecule has 0 aliphatic heterocycles. The van der Waals surface area contributed by atoms with E-state index in [0.717, 1.165) is 19.3 Å². The average Bonchev–Trinajstić information content (AvgIpc) is 2.25. The molecule has 6 heteroatoms. The van der Waals surface area contributed by atoms with Crippen molar-refractivity contribution >= 4 is 12.1 Å². The molecule has 0 aromatic heterocycles. The molecule has 1 atom stereocenters. The molecule has 0 rings (SSSR count). The van der Waals surface area contributed by atoms with Crippen LogP contribution in [-0.4, -0.2) is 47.3 Å². The fourth-order valence-corrected chi connectivity index (χ4v) is 1.44. The van der Waals surface area contributed by atoms with Gasteiger partial charge >= 0.3 is 12.1 Å². The number of nitrogens with zero attached hydrogens (tertiary/aromatic N) is 1. The maximum absolute atomic E-state index is 11.6. The predicted octanol–water partition coefficient (Wildman–Crippen LogP) is 1.83. The zero-order valence-corrected chi connectivity index (χ0v) is 12.3. The lowest BCUT2D eigenvalue weighted by atomic mass is 10.1. The number of carboxylic acid groups (broad SMARTS) is 1. The smallest absolute Gasteiger partial charge is 0.410 e. The SMILES string of the molecule is CN(CCCCCC(N)C(=O)O)C(=O)OC(C)(C)C. The van der Waals surface area contributed by atoms with Crippen molar-refractivity contribution in [1.82, 2.24) is 4.90 Å². The summed E-state index contributed by atoms with van der Waals surface area (Å²) >= 11 is 0. The second-order valence-corrected chi connectivity index (χ2v) is 5.70. The number of ether oxygens (including phenoxy) is 1. The van der Waals surface area contributed by atoms with E-state index in [4.69, 9.17) is 15.6 Å². The van der Waals surface area contributed by atoms with Crippen LogP contribution in [0.25, 0.3) is 0 Å². The Kier molecular flexibility index (Phi) is 7.44. The number of rotatable bonds is 7. The maximum atomic E-state index is 11.6. The van der Waals surface area contributed by atoms with Crippen LogP contribution in [0.3, 0.4) is 0 Å². The zero-order chi connectivity index (χ0) is 15.1. The van der Waals surface area contributed by atoms with E-state index in [9.17, 15) is 9.59 Å². The molecule has 0 radical (unpaired) electrons. The molecule has 0 bridgehead atoms. The topological polar surface area (TPSA) is 92.9 Å². The first-order valence-corrected chi connectivity index (χ1v) is 6.56. The normalized spacial score (nSPS) is 12.9. The summed E-state index contributed by atoms with van der Waals surface area (Å²) in [6.07, 6.45) is 2.52. The first-order chi connectivity index (χ1) is 8.63. The third kappa shape index (κ3) is 9.30. The average molecular weight is 274 g/mol. The number of aliphatic carboxylic acids is 1. The second kappa shape index (κ2) is 7.99. The van der Waals surface area contributed by atoms with Gasteiger partial charge in [0.25, 0.3) is 0 Å². The molecule has 112 valence electrons. The van der Waals surface area contributed by atoms with Crippen molar-refractivity contribution in [2.75, 3.05) is 13.6 Å². The van der Waals surface area contributed by atoms with Gasteiger partial charge in [-0.2, -0.15) is 0 Å². The summed E-state index contributed by atoms with van der Waals surface area (Å²) in [5.41, 5.74) is 4.91. The van der Waals surface area contributed by atoms with Gasteiger partial charge in [0, 0.05) is 13.6 Å². The summed E-state index contributed by atoms with van der Waals surface area (Å²) in [4.78, 5) is 23.7. The standard InChI is InChI=1S/C13H26N2O4/c1-13(2,3)19-12(18)15(4)9-7-5-6-8-10(14)11(16)17/h10H,5-9,14H2,1-4H3,(H,16,17). The lowest BCUT2D eigenvalue weighted by molar-refractivity contribution is -0.138. The predicted molar refractivity (Wildman–Crippen MR) is 72.9 cm³/mol. The zero-order valence-electron chi connectivity index (χ0n) is 12.3. The molecule has 0 aliphatic rings. The minimum Gasteiger partial charge on any atom is -0.480 e. The van der Waals surface area contributed by atoms with Crippen LogP contribution >= 0.6 is 0 Å². The number of carbonyl (C=O) groups excluding carboxylic acids is 1. The first kappa shape index (κ1) is 17.7. The highest BCUT2D eigenvalue weighted by Crippen LogP contribution is 2.10. The van der Waals surface area contributed by atoms with Gasteiger partial charge < -0.3 is 20.5 Å². The van der Waals surface area contributed by atoms with Crippen LogP contribution in [0.4, 0.5) is 4.79 Å². The van der Waals surface area contributed by atoms with Gasteiger partial charge in [-0.05, 0) is 33.6 Å². The van der Waals surface area contributed by atoms with Crippen molar-refractivity contribution in [2.45, 2.75) is 58.1 Å². The molecule has 0 aromatic carbocycles. The van der Waals surface area contributed by atoms with E-state index in [2.05, 4.69) is 0 Å². The summed E-state index contributed by atoms with van der Waals surface area (Å²) in [6.45, 7) is 6.07. The van der Waals surface area contributed by atoms with Gasteiger partial charge in [-0.3, -0.25) is 4.79 Å². The van der Waals surface area contributed by atoms with Crippen LogP contribution in [0.2, 0.25) is 0 Å². The quantitative estimate of drug-likeness (QED) is 0.691. The van der Waals surface area contributed by atoms with Crippen molar-refractivity contribution in [3.8, 4) is 0 Å². The highest BCUT2D eigenvalue weighted by Gasteiger charge is 2.19. The Morgan fingerprint density at radius 3 is 2.32 bits per heavy atom. The Labute approximate surface area is 114 Å². The number of hydrogen-bond donors (Lipinski definition) is 2. The Bertz CT molecular complexity index is 300. The van der Waals surface area contributed by atoms with Crippen molar-refractivity contribution in [3.63, 3.8) is 0 Å². The van der Waals surface area contributed by atoms with Crippen LogP contribution in [-0.2, 0) is 9.53 Å². The van der Waals surface area contributed by atoms with E-state index in [-0.39, 0.29) is 6.09 Å². The third-order valence-electron chi connectivity index (χ3n) is 2.53. The number of nitrogens with two attached hydrogens (primary N) is 1. The number of carbonyl (C=O) groups is 2. The van der Waals surface area contributed by atoms with E-state index >= 15 is 0 Å². The van der Waals surface area contributed by atoms with Gasteiger partial charge in [0.1, 0.15) is 11.6 Å². The molecule has 19 heavy (non-hydrogen) atoms. The molecular formula is C13H26N2O4. The van der Waals surface area contributed by atoms with Crippen LogP contribution in [0, 0.1) is 0 Å². The van der Waals surface area contributed by atoms with Gasteiger partial charge in [0.15, 0.2) is 0 Å². The number of amides is 1. The minimum absolute atomic E-state index is 0.338. The monoisotopic (exact) mass is 274 g/mol. The van der Waals surface area contributed by atoms with Gasteiger partial charge in [-0.1, -0.05) is 12.8 Å². The van der Waals surface area contributed by atoms with Gasteiger partial charge in [0.05, 0.1) is 0 Å². The number of unbranched alkanes of at least 4 members (excludes halogenated alkanes) is 2. The Balaban J connectivity index is 3.72. The lowest BCUT2D eigenvalue weighted by Crippen LogP contribution is -2.34. The molecule has 0 aromatic rings. The molecule has 3 N–H and O–H groups in total. The van der Waals surface area contributed by atoms with Crippen LogP contribution in [0.15, 0.2) is 0 Å². The summed E-state index contributed by atoms with van der Waals surface area (Å²) < 4.78 is 5.22. The van der Waals surface area contributed by atoms with E-state index in [0.29, 0.717) is 13.0 Å². The Morgan fingerprint density at radius 1 is 1.26 bits per heavy atom. The second-order valence-electron chi connectivity index (χ2n) is 5.70. The van der Waals surface area contributed by atoms with Crippen molar-refractivity contribution in [1.29, 1.82) is 0 Å². The summed E-state index contributed by atoms with van der Waals surface area (Å²) in [6, 6.07) is -0.788. The summed E-state index contributed by atoms with van der Waals surface area (Å²) in [7, 11) is 1.69. The van der Waals surface area contributed by atoms with E-state index in [1.54, 1.807) is 7.05 Å². The summed E-state index contributed by atoms with van der Waals surface area (Å²) in [5, 5.41) is 8.61. The van der Waals surface area contributed by atoms with Crippen molar-refractivity contribution in [3.05, 3.63) is 0 Å². The van der Waals surface area contributed by atoms with Gasteiger partial charge in [-0.25, -0.2) is 4.79 Å². The van der Waals surface area contributed by atoms with Crippen molar-refractivity contribution < 1.29 is 19.4 Å². The fourth-order valence-electron chi connectivity index (χ4n) is 1.44. The molecule has 0 saturated heterocycles. The number of hydrogen-bond acceptors (Lipinski definition) is 4. The molecule has 0 heterocycles. The Morgan fingerprint density at radius 2 is 1.84 bits per heavy atom. The number of carboxylic acids is 1. The fraction of sp³-hybridized carbons (Fsp3) is 0.846. The maximum Gasteiger partial charge on any atom is 0.410 e. The molecule has 6 nitrogen and oxygen atoms in total. The van der Waals surface area contributed by atoms with Crippen molar-refractivity contribution in [2.24, 2.45) is 5.73 Å². The highest BCUT2D eigenvalue weighted by atomic mass is 16.6. The Hall–Kier alpha value is -1.30. The molecule has 1 unspecified atom stereocenters. The molecular weight excluding hydrogens is 248 g/mol. The van der Waals surface area contributed by atoms with Gasteiger partial charge in [0.2, 0.25) is 0 Å². The first-order valence-electron chi connectivity index (χ1n) is 6.56.